The Morgan fingerprint density at radius 2 is 2.24 bits per heavy atom. The van der Waals surface area contributed by atoms with Gasteiger partial charge in [0, 0.05) is 17.6 Å². The lowest BCUT2D eigenvalue weighted by Crippen LogP contribution is -2.12. The summed E-state index contributed by atoms with van der Waals surface area (Å²) >= 11 is 7.41. The standard InChI is InChI=1S/C14H15ClN4OS/c15-10-3-4-12(11(16)8-10)19-13(20)2-1-7-21-14-5-6-17-9-18-14/h3-6,8-9H,1-2,7,16H2,(H,19,20). The van der Waals surface area contributed by atoms with Crippen LogP contribution in [0.3, 0.4) is 0 Å². The molecule has 0 saturated carbocycles. The lowest BCUT2D eigenvalue weighted by atomic mass is 10.2. The highest BCUT2D eigenvalue weighted by Crippen LogP contribution is 2.23. The number of anilines is 2. The lowest BCUT2D eigenvalue weighted by Gasteiger charge is -2.08. The summed E-state index contributed by atoms with van der Waals surface area (Å²) in [5.74, 6) is 0.757. The number of nitrogens with two attached hydrogens (primary N) is 1. The van der Waals surface area contributed by atoms with Gasteiger partial charge in [0.1, 0.15) is 6.33 Å². The lowest BCUT2D eigenvalue weighted by molar-refractivity contribution is -0.116. The van der Waals surface area contributed by atoms with Crippen molar-refractivity contribution < 1.29 is 4.79 Å². The summed E-state index contributed by atoms with van der Waals surface area (Å²) in [5.41, 5.74) is 6.84. The van der Waals surface area contributed by atoms with Crippen molar-refractivity contribution in [1.82, 2.24) is 9.97 Å². The van der Waals surface area contributed by atoms with Gasteiger partial charge in [-0.15, -0.1) is 11.8 Å². The molecule has 0 radical (unpaired) electrons. The first-order valence-corrected chi connectivity index (χ1v) is 7.75. The maximum Gasteiger partial charge on any atom is 0.224 e. The molecule has 0 aliphatic heterocycles. The van der Waals surface area contributed by atoms with Crippen molar-refractivity contribution >= 4 is 40.6 Å². The van der Waals surface area contributed by atoms with E-state index in [2.05, 4.69) is 15.3 Å². The number of nitrogens with one attached hydrogen (secondary N) is 1. The summed E-state index contributed by atoms with van der Waals surface area (Å²) in [7, 11) is 0. The highest BCUT2D eigenvalue weighted by Gasteiger charge is 2.06. The molecule has 1 amide bonds. The molecule has 7 heteroatoms. The first-order chi connectivity index (χ1) is 10.1. The van der Waals surface area contributed by atoms with Crippen molar-refractivity contribution in [1.29, 1.82) is 0 Å². The Kier molecular flexibility index (Phi) is 5.83. The molecule has 0 aliphatic carbocycles. The number of aromatic nitrogens is 2. The highest BCUT2D eigenvalue weighted by molar-refractivity contribution is 7.99. The van der Waals surface area contributed by atoms with E-state index in [-0.39, 0.29) is 5.91 Å². The Balaban J connectivity index is 1.72. The van der Waals surface area contributed by atoms with E-state index < -0.39 is 0 Å². The predicted octanol–water partition coefficient (Wildman–Crippen LogP) is 3.22. The van der Waals surface area contributed by atoms with E-state index in [4.69, 9.17) is 17.3 Å². The van der Waals surface area contributed by atoms with Crippen LogP contribution >= 0.6 is 23.4 Å². The van der Waals surface area contributed by atoms with E-state index in [1.165, 1.54) is 6.33 Å². The molecule has 0 fully saturated rings. The van der Waals surface area contributed by atoms with Crippen LogP contribution in [-0.2, 0) is 4.79 Å². The molecule has 2 rings (SSSR count). The predicted molar refractivity (Wildman–Crippen MR) is 86.5 cm³/mol. The molecule has 1 heterocycles. The van der Waals surface area contributed by atoms with E-state index in [0.29, 0.717) is 22.8 Å². The van der Waals surface area contributed by atoms with E-state index in [1.54, 1.807) is 36.2 Å². The fourth-order valence-corrected chi connectivity index (χ4v) is 2.59. The average molecular weight is 323 g/mol. The van der Waals surface area contributed by atoms with Crippen LogP contribution in [0.2, 0.25) is 5.02 Å². The fourth-order valence-electron chi connectivity index (χ4n) is 1.63. The summed E-state index contributed by atoms with van der Waals surface area (Å²) in [6.07, 6.45) is 4.40. The van der Waals surface area contributed by atoms with Gasteiger partial charge in [-0.05, 0) is 36.4 Å². The molecule has 0 atom stereocenters. The molecule has 0 aliphatic rings. The molecule has 0 bridgehead atoms. The number of carbonyl (C=O) groups excluding carboxylic acids is 1. The minimum atomic E-state index is -0.0627. The molecular formula is C14H15ClN4OS. The number of rotatable bonds is 6. The normalized spacial score (nSPS) is 10.3. The van der Waals surface area contributed by atoms with Gasteiger partial charge in [-0.1, -0.05) is 11.6 Å². The minimum Gasteiger partial charge on any atom is -0.397 e. The van der Waals surface area contributed by atoms with E-state index in [0.717, 1.165) is 17.2 Å². The summed E-state index contributed by atoms with van der Waals surface area (Å²) < 4.78 is 0. The van der Waals surface area contributed by atoms with Gasteiger partial charge in [-0.25, -0.2) is 9.97 Å². The third kappa shape index (κ3) is 5.24. The molecule has 0 spiro atoms. The number of nitrogens with zero attached hydrogens (tertiary/aromatic N) is 2. The number of hydrogen-bond donors (Lipinski definition) is 2. The Hall–Kier alpha value is -1.79. The Morgan fingerprint density at radius 1 is 1.38 bits per heavy atom. The second kappa shape index (κ2) is 7.85. The van der Waals surface area contributed by atoms with Gasteiger partial charge in [-0.2, -0.15) is 0 Å². The van der Waals surface area contributed by atoms with Crippen LogP contribution < -0.4 is 11.1 Å². The molecule has 21 heavy (non-hydrogen) atoms. The van der Waals surface area contributed by atoms with Gasteiger partial charge in [0.25, 0.3) is 0 Å². The summed E-state index contributed by atoms with van der Waals surface area (Å²) in [4.78, 5) is 19.8. The monoisotopic (exact) mass is 322 g/mol. The van der Waals surface area contributed by atoms with Crippen molar-refractivity contribution in [2.45, 2.75) is 17.9 Å². The summed E-state index contributed by atoms with van der Waals surface area (Å²) in [6, 6.07) is 6.85. The van der Waals surface area contributed by atoms with E-state index in [9.17, 15) is 4.79 Å². The van der Waals surface area contributed by atoms with Crippen LogP contribution in [0.25, 0.3) is 0 Å². The number of amides is 1. The van der Waals surface area contributed by atoms with Crippen LogP contribution in [0.5, 0.6) is 0 Å². The van der Waals surface area contributed by atoms with Crippen molar-refractivity contribution in [3.63, 3.8) is 0 Å². The first-order valence-electron chi connectivity index (χ1n) is 6.39. The molecular weight excluding hydrogens is 308 g/mol. The van der Waals surface area contributed by atoms with E-state index in [1.807, 2.05) is 6.07 Å². The van der Waals surface area contributed by atoms with Crippen LogP contribution in [0.4, 0.5) is 11.4 Å². The molecule has 3 N–H and O–H groups in total. The minimum absolute atomic E-state index is 0.0627. The average Bonchev–Trinajstić information content (AvgIpc) is 2.48. The maximum absolute atomic E-state index is 11.8. The van der Waals surface area contributed by atoms with Gasteiger partial charge in [0.05, 0.1) is 16.4 Å². The van der Waals surface area contributed by atoms with Gasteiger partial charge < -0.3 is 11.1 Å². The van der Waals surface area contributed by atoms with Crippen LogP contribution in [0.15, 0.2) is 41.8 Å². The van der Waals surface area contributed by atoms with Crippen molar-refractivity contribution in [2.24, 2.45) is 0 Å². The first kappa shape index (κ1) is 15.6. The third-order valence-corrected chi connectivity index (χ3v) is 3.91. The van der Waals surface area contributed by atoms with Crippen LogP contribution in [0.1, 0.15) is 12.8 Å². The van der Waals surface area contributed by atoms with Gasteiger partial charge >= 0.3 is 0 Å². The second-order valence-corrected chi connectivity index (χ2v) is 5.83. The summed E-state index contributed by atoms with van der Waals surface area (Å²) in [5, 5.41) is 4.24. The number of benzene rings is 1. The van der Waals surface area contributed by atoms with Crippen LogP contribution in [0, 0.1) is 0 Å². The molecule has 5 nitrogen and oxygen atoms in total. The topological polar surface area (TPSA) is 80.9 Å². The molecule has 2 aromatic rings. The smallest absolute Gasteiger partial charge is 0.224 e. The van der Waals surface area contributed by atoms with Crippen molar-refractivity contribution in [3.05, 3.63) is 41.8 Å². The number of thioether (sulfide) groups is 1. The largest absolute Gasteiger partial charge is 0.397 e. The Morgan fingerprint density at radius 3 is 2.95 bits per heavy atom. The SMILES string of the molecule is Nc1cc(Cl)ccc1NC(=O)CCCSc1ccncn1. The zero-order valence-corrected chi connectivity index (χ0v) is 12.8. The molecule has 1 aromatic carbocycles. The Labute approximate surface area is 132 Å². The van der Waals surface area contributed by atoms with Crippen LogP contribution in [-0.4, -0.2) is 21.6 Å². The number of carbonyl (C=O) groups is 1. The Bertz CT molecular complexity index is 609. The number of hydrogen-bond acceptors (Lipinski definition) is 5. The quantitative estimate of drug-likeness (QED) is 0.369. The van der Waals surface area contributed by atoms with E-state index >= 15 is 0 Å². The number of halogens is 1. The van der Waals surface area contributed by atoms with Gasteiger partial charge in [0.2, 0.25) is 5.91 Å². The molecule has 110 valence electrons. The maximum atomic E-state index is 11.8. The second-order valence-electron chi connectivity index (χ2n) is 4.28. The zero-order valence-electron chi connectivity index (χ0n) is 11.3. The van der Waals surface area contributed by atoms with Gasteiger partial charge in [-0.3, -0.25) is 4.79 Å². The van der Waals surface area contributed by atoms with Crippen molar-refractivity contribution in [3.8, 4) is 0 Å². The zero-order chi connectivity index (χ0) is 15.1. The highest BCUT2D eigenvalue weighted by atomic mass is 35.5. The van der Waals surface area contributed by atoms with Crippen molar-refractivity contribution in [2.75, 3.05) is 16.8 Å². The molecule has 0 saturated heterocycles. The molecule has 0 unspecified atom stereocenters. The molecule has 1 aromatic heterocycles. The third-order valence-electron chi connectivity index (χ3n) is 2.64. The number of nitrogen functional groups attached to an aromatic ring is 1. The summed E-state index contributed by atoms with van der Waals surface area (Å²) in [6.45, 7) is 0. The fraction of sp³-hybridized carbons (Fsp3) is 0.214. The van der Waals surface area contributed by atoms with Gasteiger partial charge in [0.15, 0.2) is 0 Å².